The fraction of sp³-hybridized carbons (Fsp3) is 0.444. The highest BCUT2D eigenvalue weighted by atomic mass is 32.1. The van der Waals surface area contributed by atoms with E-state index in [0.29, 0.717) is 28.9 Å². The Balaban J connectivity index is 1.69. The van der Waals surface area contributed by atoms with Gasteiger partial charge in [0, 0.05) is 6.61 Å². The zero-order valence-electron chi connectivity index (χ0n) is 15.2. The first kappa shape index (κ1) is 18.3. The Morgan fingerprint density at radius 1 is 1.44 bits per heavy atom. The molecule has 4 rings (SSSR count). The standard InChI is InChI=1S/C18H20N4O3S2/c1-3-24-12-6-7-14-15(9-12)26-18(19-14)22(10-13-5-4-8-25-13)17(23)16-11(2)20-21-27-16/h6-7,9,13H,3-5,8,10H2,1-2H3. The van der Waals surface area contributed by atoms with E-state index < -0.39 is 0 Å². The van der Waals surface area contributed by atoms with Gasteiger partial charge in [-0.2, -0.15) is 0 Å². The van der Waals surface area contributed by atoms with Crippen LogP contribution in [0.5, 0.6) is 5.75 Å². The van der Waals surface area contributed by atoms with E-state index in [9.17, 15) is 4.79 Å². The first-order valence-electron chi connectivity index (χ1n) is 8.91. The number of ether oxygens (including phenoxy) is 2. The molecule has 7 nitrogen and oxygen atoms in total. The third-order valence-electron chi connectivity index (χ3n) is 4.39. The minimum atomic E-state index is -0.123. The molecule has 1 aliphatic heterocycles. The van der Waals surface area contributed by atoms with Gasteiger partial charge in [-0.1, -0.05) is 15.8 Å². The van der Waals surface area contributed by atoms with E-state index in [4.69, 9.17) is 14.5 Å². The molecule has 0 radical (unpaired) electrons. The summed E-state index contributed by atoms with van der Waals surface area (Å²) in [6, 6.07) is 5.79. The summed E-state index contributed by atoms with van der Waals surface area (Å²) in [6.45, 7) is 5.58. The monoisotopic (exact) mass is 404 g/mol. The summed E-state index contributed by atoms with van der Waals surface area (Å²) in [5.74, 6) is 0.682. The molecule has 1 atom stereocenters. The second kappa shape index (κ2) is 7.87. The van der Waals surface area contributed by atoms with Gasteiger partial charge in [0.15, 0.2) is 5.13 Å². The summed E-state index contributed by atoms with van der Waals surface area (Å²) in [7, 11) is 0. The molecule has 27 heavy (non-hydrogen) atoms. The largest absolute Gasteiger partial charge is 0.494 e. The van der Waals surface area contributed by atoms with Gasteiger partial charge in [-0.05, 0) is 56.4 Å². The number of amides is 1. The highest BCUT2D eigenvalue weighted by Crippen LogP contribution is 2.33. The van der Waals surface area contributed by atoms with E-state index in [-0.39, 0.29) is 12.0 Å². The van der Waals surface area contributed by atoms with Gasteiger partial charge in [-0.25, -0.2) is 4.98 Å². The second-order valence-corrected chi connectivity index (χ2v) is 8.06. The molecule has 142 valence electrons. The van der Waals surface area contributed by atoms with Gasteiger partial charge in [-0.15, -0.1) is 5.10 Å². The van der Waals surface area contributed by atoms with Gasteiger partial charge < -0.3 is 9.47 Å². The molecule has 3 heterocycles. The molecular formula is C18H20N4O3S2. The maximum Gasteiger partial charge on any atom is 0.273 e. The van der Waals surface area contributed by atoms with Gasteiger partial charge >= 0.3 is 0 Å². The molecule has 1 unspecified atom stereocenters. The number of aryl methyl sites for hydroxylation is 1. The third-order valence-corrected chi connectivity index (χ3v) is 6.25. The molecule has 0 spiro atoms. The Morgan fingerprint density at radius 3 is 3.04 bits per heavy atom. The molecule has 2 aromatic heterocycles. The number of aromatic nitrogens is 3. The van der Waals surface area contributed by atoms with Crippen molar-refractivity contribution in [2.24, 2.45) is 0 Å². The van der Waals surface area contributed by atoms with Crippen LogP contribution in [-0.2, 0) is 4.74 Å². The summed E-state index contributed by atoms with van der Waals surface area (Å²) in [4.78, 5) is 20.2. The van der Waals surface area contributed by atoms with E-state index in [1.165, 1.54) is 11.3 Å². The van der Waals surface area contributed by atoms with Crippen LogP contribution in [0.2, 0.25) is 0 Å². The smallest absolute Gasteiger partial charge is 0.273 e. The Kier molecular flexibility index (Phi) is 5.33. The minimum Gasteiger partial charge on any atom is -0.494 e. The van der Waals surface area contributed by atoms with Crippen LogP contribution >= 0.6 is 22.9 Å². The first-order valence-corrected chi connectivity index (χ1v) is 10.5. The molecule has 1 aliphatic rings. The van der Waals surface area contributed by atoms with Gasteiger partial charge in [0.05, 0.1) is 35.2 Å². The number of thiazole rings is 1. The SMILES string of the molecule is CCOc1ccc2nc(N(CC3CCCO3)C(=O)c3snnc3C)sc2c1. The van der Waals surface area contributed by atoms with E-state index >= 15 is 0 Å². The number of carbonyl (C=O) groups is 1. The Labute approximate surface area is 165 Å². The Morgan fingerprint density at radius 2 is 2.33 bits per heavy atom. The molecule has 1 saturated heterocycles. The number of rotatable bonds is 6. The molecular weight excluding hydrogens is 384 g/mol. The number of hydrogen-bond acceptors (Lipinski definition) is 8. The first-order chi connectivity index (χ1) is 13.2. The second-order valence-electron chi connectivity index (χ2n) is 6.30. The van der Waals surface area contributed by atoms with Crippen molar-refractivity contribution in [3.8, 4) is 5.75 Å². The van der Waals surface area contributed by atoms with Crippen LogP contribution in [0, 0.1) is 6.92 Å². The van der Waals surface area contributed by atoms with Crippen LogP contribution in [0.25, 0.3) is 10.2 Å². The average molecular weight is 405 g/mol. The van der Waals surface area contributed by atoms with Gasteiger partial charge in [0.1, 0.15) is 10.6 Å². The Hall–Kier alpha value is -2.10. The highest BCUT2D eigenvalue weighted by Gasteiger charge is 2.29. The highest BCUT2D eigenvalue weighted by molar-refractivity contribution is 7.22. The minimum absolute atomic E-state index is 0.0288. The van der Waals surface area contributed by atoms with Gasteiger partial charge in [0.2, 0.25) is 0 Å². The maximum absolute atomic E-state index is 13.2. The number of carbonyl (C=O) groups excluding carboxylic acids is 1. The van der Waals surface area contributed by atoms with Crippen molar-refractivity contribution >= 4 is 44.1 Å². The van der Waals surface area contributed by atoms with E-state index in [1.54, 1.807) is 11.8 Å². The molecule has 0 bridgehead atoms. The van der Waals surface area contributed by atoms with Gasteiger partial charge in [-0.3, -0.25) is 9.69 Å². The normalized spacial score (nSPS) is 16.7. The lowest BCUT2D eigenvalue weighted by atomic mass is 10.2. The summed E-state index contributed by atoms with van der Waals surface area (Å²) in [5, 5.41) is 4.64. The fourth-order valence-electron chi connectivity index (χ4n) is 3.05. The number of hydrogen-bond donors (Lipinski definition) is 0. The van der Waals surface area contributed by atoms with Gasteiger partial charge in [0.25, 0.3) is 5.91 Å². The van der Waals surface area contributed by atoms with Crippen LogP contribution in [-0.4, -0.2) is 46.3 Å². The van der Waals surface area contributed by atoms with E-state index in [0.717, 1.165) is 46.9 Å². The summed E-state index contributed by atoms with van der Waals surface area (Å²) >= 11 is 2.60. The van der Waals surface area contributed by atoms with Crippen molar-refractivity contribution in [3.63, 3.8) is 0 Å². The molecule has 1 fully saturated rings. The van der Waals surface area contributed by atoms with E-state index in [2.05, 4.69) is 9.59 Å². The van der Waals surface area contributed by atoms with Crippen molar-refractivity contribution in [2.45, 2.75) is 32.8 Å². The zero-order valence-corrected chi connectivity index (χ0v) is 16.8. The van der Waals surface area contributed by atoms with Crippen LogP contribution in [0.1, 0.15) is 35.1 Å². The van der Waals surface area contributed by atoms with Crippen molar-refractivity contribution in [3.05, 3.63) is 28.8 Å². The molecule has 1 amide bonds. The molecule has 1 aromatic carbocycles. The Bertz CT molecular complexity index is 949. The molecule has 0 N–H and O–H groups in total. The van der Waals surface area contributed by atoms with Crippen LogP contribution < -0.4 is 9.64 Å². The van der Waals surface area contributed by atoms with Crippen molar-refractivity contribution in [1.82, 2.24) is 14.6 Å². The number of nitrogens with zero attached hydrogens (tertiary/aromatic N) is 4. The molecule has 0 saturated carbocycles. The fourth-order valence-corrected chi connectivity index (χ4v) is 4.66. The van der Waals surface area contributed by atoms with Crippen molar-refractivity contribution in [2.75, 3.05) is 24.7 Å². The topological polar surface area (TPSA) is 77.4 Å². The average Bonchev–Trinajstić information content (AvgIpc) is 3.39. The van der Waals surface area contributed by atoms with Crippen molar-refractivity contribution < 1.29 is 14.3 Å². The number of fused-ring (bicyclic) bond motifs is 1. The lowest BCUT2D eigenvalue weighted by Gasteiger charge is -2.22. The quantitative estimate of drug-likeness (QED) is 0.624. The zero-order chi connectivity index (χ0) is 18.8. The van der Waals surface area contributed by atoms with Crippen LogP contribution in [0.15, 0.2) is 18.2 Å². The maximum atomic E-state index is 13.2. The molecule has 0 aliphatic carbocycles. The van der Waals surface area contributed by atoms with Crippen LogP contribution in [0.3, 0.4) is 0 Å². The predicted octanol–water partition coefficient (Wildman–Crippen LogP) is 3.68. The van der Waals surface area contributed by atoms with Crippen LogP contribution in [0.4, 0.5) is 5.13 Å². The van der Waals surface area contributed by atoms with Crippen molar-refractivity contribution in [1.29, 1.82) is 0 Å². The molecule has 9 heteroatoms. The third kappa shape index (κ3) is 3.80. The lowest BCUT2D eigenvalue weighted by molar-refractivity contribution is 0.0920. The summed E-state index contributed by atoms with van der Waals surface area (Å²) in [5.41, 5.74) is 1.49. The number of anilines is 1. The molecule has 3 aromatic rings. The summed E-state index contributed by atoms with van der Waals surface area (Å²) in [6.07, 6.45) is 2.00. The lowest BCUT2D eigenvalue weighted by Crippen LogP contribution is -2.37. The number of benzene rings is 1. The predicted molar refractivity (Wildman–Crippen MR) is 106 cm³/mol. The van der Waals surface area contributed by atoms with E-state index in [1.807, 2.05) is 25.1 Å². The summed E-state index contributed by atoms with van der Waals surface area (Å²) < 4.78 is 16.2.